The van der Waals surface area contributed by atoms with Gasteiger partial charge < -0.3 is 4.52 Å². The number of hydrogen-bond acceptors (Lipinski definition) is 4. The third-order valence-electron chi connectivity index (χ3n) is 2.90. The number of aromatic nitrogens is 1. The second kappa shape index (κ2) is 3.54. The molecule has 0 saturated carbocycles. The van der Waals surface area contributed by atoms with E-state index in [4.69, 9.17) is 4.52 Å². The van der Waals surface area contributed by atoms with Crippen molar-refractivity contribution in [1.82, 2.24) is 10.1 Å². The summed E-state index contributed by atoms with van der Waals surface area (Å²) < 4.78 is 5.99. The van der Waals surface area contributed by atoms with Crippen LogP contribution in [0.5, 0.6) is 0 Å². The summed E-state index contributed by atoms with van der Waals surface area (Å²) in [6.07, 6.45) is 1.36. The molecule has 0 radical (unpaired) electrons. The van der Waals surface area contributed by atoms with Gasteiger partial charge in [0.05, 0.1) is 6.54 Å². The standard InChI is InChI=1S/C9H11BrN2OS/c10-9-2-7(13-11-9)3-12-4-8-1-6(12)5-14-8/h2,6,8H,1,3-5H2. The molecular formula is C9H11BrN2OS. The van der Waals surface area contributed by atoms with Crippen LogP contribution in [0.1, 0.15) is 12.2 Å². The first-order valence-electron chi connectivity index (χ1n) is 4.78. The fourth-order valence-electron chi connectivity index (χ4n) is 2.24. The predicted molar refractivity (Wildman–Crippen MR) is 59.3 cm³/mol. The van der Waals surface area contributed by atoms with Gasteiger partial charge >= 0.3 is 0 Å². The van der Waals surface area contributed by atoms with Gasteiger partial charge in [0.1, 0.15) is 4.60 Å². The van der Waals surface area contributed by atoms with E-state index in [0.29, 0.717) is 0 Å². The summed E-state index contributed by atoms with van der Waals surface area (Å²) in [7, 11) is 0. The van der Waals surface area contributed by atoms with Crippen molar-refractivity contribution >= 4 is 27.7 Å². The maximum absolute atomic E-state index is 5.19. The normalized spacial score (nSPS) is 31.5. The molecule has 2 saturated heterocycles. The third kappa shape index (κ3) is 1.61. The number of thioether (sulfide) groups is 1. The SMILES string of the molecule is Brc1cc(CN2CC3CC2CS3)on1. The molecule has 3 nitrogen and oxygen atoms in total. The van der Waals surface area contributed by atoms with Crippen LogP contribution in [0.3, 0.4) is 0 Å². The summed E-state index contributed by atoms with van der Waals surface area (Å²) in [5.74, 6) is 2.26. The van der Waals surface area contributed by atoms with E-state index in [2.05, 4.69) is 37.7 Å². The molecule has 0 spiro atoms. The van der Waals surface area contributed by atoms with Crippen molar-refractivity contribution in [1.29, 1.82) is 0 Å². The monoisotopic (exact) mass is 274 g/mol. The predicted octanol–water partition coefficient (Wildman–Crippen LogP) is 2.13. The maximum Gasteiger partial charge on any atom is 0.151 e. The highest BCUT2D eigenvalue weighted by atomic mass is 79.9. The van der Waals surface area contributed by atoms with E-state index in [1.165, 1.54) is 18.7 Å². The zero-order chi connectivity index (χ0) is 9.54. The second-order valence-electron chi connectivity index (χ2n) is 3.89. The summed E-state index contributed by atoms with van der Waals surface area (Å²) >= 11 is 5.41. The molecule has 0 amide bonds. The fourth-order valence-corrected chi connectivity index (χ4v) is 4.06. The molecule has 1 aromatic rings. The van der Waals surface area contributed by atoms with Gasteiger partial charge in [-0.2, -0.15) is 11.8 Å². The summed E-state index contributed by atoms with van der Waals surface area (Å²) in [5.41, 5.74) is 0. The largest absolute Gasteiger partial charge is 0.359 e. The first kappa shape index (κ1) is 9.24. The first-order valence-corrected chi connectivity index (χ1v) is 6.62. The van der Waals surface area contributed by atoms with Crippen molar-refractivity contribution < 1.29 is 4.52 Å². The molecule has 5 heteroatoms. The van der Waals surface area contributed by atoms with E-state index in [-0.39, 0.29) is 0 Å². The van der Waals surface area contributed by atoms with Crippen LogP contribution >= 0.6 is 27.7 Å². The van der Waals surface area contributed by atoms with Crippen LogP contribution < -0.4 is 0 Å². The smallest absolute Gasteiger partial charge is 0.151 e. The first-order chi connectivity index (χ1) is 6.81. The van der Waals surface area contributed by atoms with Crippen LogP contribution in [0, 0.1) is 0 Å². The minimum Gasteiger partial charge on any atom is -0.359 e. The molecule has 2 aliphatic heterocycles. The van der Waals surface area contributed by atoms with Crippen molar-refractivity contribution in [3.63, 3.8) is 0 Å². The van der Waals surface area contributed by atoms with E-state index in [1.807, 2.05) is 6.07 Å². The molecule has 2 aliphatic rings. The molecule has 3 heterocycles. The van der Waals surface area contributed by atoms with Gasteiger partial charge in [0, 0.05) is 29.7 Å². The molecule has 0 aromatic carbocycles. The number of halogens is 1. The Morgan fingerprint density at radius 1 is 1.71 bits per heavy atom. The average molecular weight is 275 g/mol. The lowest BCUT2D eigenvalue weighted by atomic mass is 10.2. The van der Waals surface area contributed by atoms with Crippen LogP contribution in [0.4, 0.5) is 0 Å². The number of fused-ring (bicyclic) bond motifs is 2. The van der Waals surface area contributed by atoms with Crippen LogP contribution in [-0.4, -0.2) is 33.6 Å². The van der Waals surface area contributed by atoms with Gasteiger partial charge in [-0.05, 0) is 22.4 Å². The Morgan fingerprint density at radius 3 is 3.21 bits per heavy atom. The Kier molecular flexibility index (Phi) is 2.34. The molecule has 2 atom stereocenters. The molecular weight excluding hydrogens is 264 g/mol. The van der Waals surface area contributed by atoms with E-state index in [9.17, 15) is 0 Å². The molecule has 0 aliphatic carbocycles. The Balaban J connectivity index is 1.68. The van der Waals surface area contributed by atoms with Crippen LogP contribution in [0.2, 0.25) is 0 Å². The van der Waals surface area contributed by atoms with Crippen molar-refractivity contribution in [3.8, 4) is 0 Å². The number of nitrogens with zero attached hydrogens (tertiary/aromatic N) is 2. The van der Waals surface area contributed by atoms with Crippen molar-refractivity contribution in [2.45, 2.75) is 24.3 Å². The highest BCUT2D eigenvalue weighted by Gasteiger charge is 2.38. The minimum atomic E-state index is 0.772. The van der Waals surface area contributed by atoms with Crippen molar-refractivity contribution in [2.75, 3.05) is 12.3 Å². The van der Waals surface area contributed by atoms with Crippen LogP contribution in [0.15, 0.2) is 15.2 Å². The highest BCUT2D eigenvalue weighted by molar-refractivity contribution is 9.10. The Morgan fingerprint density at radius 2 is 2.64 bits per heavy atom. The molecule has 3 rings (SSSR count). The molecule has 2 bridgehead atoms. The lowest BCUT2D eigenvalue weighted by molar-refractivity contribution is 0.226. The van der Waals surface area contributed by atoms with Crippen LogP contribution in [-0.2, 0) is 6.54 Å². The Bertz CT molecular complexity index is 343. The molecule has 2 unspecified atom stereocenters. The quantitative estimate of drug-likeness (QED) is 0.827. The third-order valence-corrected chi connectivity index (χ3v) is 4.67. The van der Waals surface area contributed by atoms with Gasteiger partial charge in [-0.1, -0.05) is 5.16 Å². The molecule has 2 fully saturated rings. The summed E-state index contributed by atoms with van der Waals surface area (Å²) in [5, 5.41) is 4.70. The maximum atomic E-state index is 5.19. The van der Waals surface area contributed by atoms with E-state index >= 15 is 0 Å². The number of rotatable bonds is 2. The van der Waals surface area contributed by atoms with E-state index in [0.717, 1.165) is 28.2 Å². The van der Waals surface area contributed by atoms with E-state index in [1.54, 1.807) is 0 Å². The molecule has 0 N–H and O–H groups in total. The lowest BCUT2D eigenvalue weighted by Crippen LogP contribution is -2.33. The lowest BCUT2D eigenvalue weighted by Gasteiger charge is -2.24. The van der Waals surface area contributed by atoms with Gasteiger partial charge in [-0.25, -0.2) is 0 Å². The zero-order valence-corrected chi connectivity index (χ0v) is 10.1. The Hall–Kier alpha value is -0.0000000000000000555. The second-order valence-corrected chi connectivity index (χ2v) is 6.04. The van der Waals surface area contributed by atoms with Gasteiger partial charge in [-0.3, -0.25) is 4.90 Å². The van der Waals surface area contributed by atoms with Crippen LogP contribution in [0.25, 0.3) is 0 Å². The zero-order valence-electron chi connectivity index (χ0n) is 7.65. The van der Waals surface area contributed by atoms with Gasteiger partial charge in [-0.15, -0.1) is 0 Å². The Labute approximate surface area is 95.3 Å². The van der Waals surface area contributed by atoms with Crippen molar-refractivity contribution in [2.24, 2.45) is 0 Å². The summed E-state index contributed by atoms with van der Waals surface area (Å²) in [6, 6.07) is 2.73. The van der Waals surface area contributed by atoms with Crippen molar-refractivity contribution in [3.05, 3.63) is 16.4 Å². The number of likely N-dealkylation sites (tertiary alicyclic amines) is 1. The summed E-state index contributed by atoms with van der Waals surface area (Å²) in [4.78, 5) is 2.51. The molecule has 76 valence electrons. The average Bonchev–Trinajstić information content (AvgIpc) is 2.82. The van der Waals surface area contributed by atoms with Gasteiger partial charge in [0.25, 0.3) is 0 Å². The molecule has 1 aromatic heterocycles. The molecule has 14 heavy (non-hydrogen) atoms. The minimum absolute atomic E-state index is 0.772. The van der Waals surface area contributed by atoms with Gasteiger partial charge in [0.15, 0.2) is 5.76 Å². The highest BCUT2D eigenvalue weighted by Crippen LogP contribution is 2.38. The summed E-state index contributed by atoms with van der Waals surface area (Å²) in [6.45, 7) is 2.13. The fraction of sp³-hybridized carbons (Fsp3) is 0.667. The topological polar surface area (TPSA) is 29.3 Å². The van der Waals surface area contributed by atoms with Gasteiger partial charge in [0.2, 0.25) is 0 Å². The number of hydrogen-bond donors (Lipinski definition) is 0. The van der Waals surface area contributed by atoms with E-state index < -0.39 is 0 Å².